The van der Waals surface area contributed by atoms with Gasteiger partial charge in [-0.25, -0.2) is 0 Å². The number of benzene rings is 1. The lowest BCUT2D eigenvalue weighted by atomic mass is 10.0. The molecule has 0 fully saturated rings. The predicted molar refractivity (Wildman–Crippen MR) is 75.5 cm³/mol. The summed E-state index contributed by atoms with van der Waals surface area (Å²) in [5.41, 5.74) is 8.86. The van der Waals surface area contributed by atoms with Crippen molar-refractivity contribution >= 4 is 28.5 Å². The number of H-pyrrole nitrogens is 1. The van der Waals surface area contributed by atoms with Gasteiger partial charge in [0.2, 0.25) is 0 Å². The normalized spacial score (nSPS) is 10.9. The van der Waals surface area contributed by atoms with Crippen molar-refractivity contribution < 1.29 is 0 Å². The topological polar surface area (TPSA) is 67.6 Å². The number of fused-ring (bicyclic) bond motifs is 1. The molecule has 0 bridgehead atoms. The Morgan fingerprint density at radius 2 is 1.94 bits per heavy atom. The fourth-order valence-corrected chi connectivity index (χ4v) is 2.40. The maximum atomic E-state index is 5.90. The first-order valence-corrected chi connectivity index (χ1v) is 6.74. The van der Waals surface area contributed by atoms with Crippen LogP contribution in [0.1, 0.15) is 0 Å². The van der Waals surface area contributed by atoms with Crippen LogP contribution in [0, 0.1) is 0 Å². The highest BCUT2D eigenvalue weighted by molar-refractivity contribution is 7.98. The summed E-state index contributed by atoms with van der Waals surface area (Å²) in [6, 6.07) is 8.34. The Morgan fingerprint density at radius 1 is 1.17 bits per heavy atom. The van der Waals surface area contributed by atoms with Crippen molar-refractivity contribution in [3.8, 4) is 11.1 Å². The SMILES string of the molecule is CSc1ccc(-c2cncc3[nH]nc(N)c23)cc1. The zero-order chi connectivity index (χ0) is 12.5. The second-order valence-corrected chi connectivity index (χ2v) is 4.83. The Labute approximate surface area is 109 Å². The van der Waals surface area contributed by atoms with E-state index in [2.05, 4.69) is 45.7 Å². The lowest BCUT2D eigenvalue weighted by molar-refractivity contribution is 1.12. The molecule has 0 aliphatic rings. The summed E-state index contributed by atoms with van der Waals surface area (Å²) in [5, 5.41) is 7.84. The van der Waals surface area contributed by atoms with Gasteiger partial charge in [0.15, 0.2) is 5.82 Å². The molecule has 18 heavy (non-hydrogen) atoms. The first kappa shape index (κ1) is 11.1. The van der Waals surface area contributed by atoms with Crippen molar-refractivity contribution in [2.75, 3.05) is 12.0 Å². The van der Waals surface area contributed by atoms with Gasteiger partial charge in [0, 0.05) is 16.7 Å². The molecule has 2 aromatic heterocycles. The van der Waals surface area contributed by atoms with Crippen molar-refractivity contribution in [3.63, 3.8) is 0 Å². The molecule has 1 aromatic carbocycles. The molecule has 0 spiro atoms. The third-order valence-electron chi connectivity index (χ3n) is 2.90. The maximum Gasteiger partial charge on any atom is 0.153 e. The van der Waals surface area contributed by atoms with Gasteiger partial charge in [0.05, 0.1) is 17.1 Å². The smallest absolute Gasteiger partial charge is 0.153 e. The fraction of sp³-hybridized carbons (Fsp3) is 0.0769. The molecule has 3 rings (SSSR count). The van der Waals surface area contributed by atoms with Crippen LogP contribution in [0.4, 0.5) is 5.82 Å². The van der Waals surface area contributed by atoms with E-state index < -0.39 is 0 Å². The molecule has 90 valence electrons. The number of hydrogen-bond donors (Lipinski definition) is 2. The van der Waals surface area contributed by atoms with Crippen LogP contribution < -0.4 is 5.73 Å². The molecule has 4 nitrogen and oxygen atoms in total. The number of nitrogens with one attached hydrogen (secondary N) is 1. The van der Waals surface area contributed by atoms with Crippen molar-refractivity contribution in [1.29, 1.82) is 0 Å². The molecule has 0 unspecified atom stereocenters. The van der Waals surface area contributed by atoms with Crippen LogP contribution in [0.3, 0.4) is 0 Å². The first-order chi connectivity index (χ1) is 8.79. The highest BCUT2D eigenvalue weighted by Crippen LogP contribution is 2.31. The molecule has 0 amide bonds. The Kier molecular flexibility index (Phi) is 2.68. The van der Waals surface area contributed by atoms with E-state index in [4.69, 9.17) is 5.73 Å². The van der Waals surface area contributed by atoms with Gasteiger partial charge in [-0.3, -0.25) is 10.1 Å². The number of hydrogen-bond acceptors (Lipinski definition) is 4. The largest absolute Gasteiger partial charge is 0.382 e. The molecular formula is C13H12N4S. The summed E-state index contributed by atoms with van der Waals surface area (Å²) in [7, 11) is 0. The van der Waals surface area contributed by atoms with E-state index in [9.17, 15) is 0 Å². The summed E-state index contributed by atoms with van der Waals surface area (Å²) in [6.45, 7) is 0. The number of thioether (sulfide) groups is 1. The Bertz CT molecular complexity index is 688. The number of anilines is 1. The summed E-state index contributed by atoms with van der Waals surface area (Å²) in [4.78, 5) is 5.45. The first-order valence-electron chi connectivity index (χ1n) is 5.51. The predicted octanol–water partition coefficient (Wildman–Crippen LogP) is 2.93. The molecule has 5 heteroatoms. The van der Waals surface area contributed by atoms with E-state index in [1.807, 2.05) is 6.20 Å². The Balaban J connectivity index is 2.21. The quantitative estimate of drug-likeness (QED) is 0.692. The lowest BCUT2D eigenvalue weighted by Gasteiger charge is -2.04. The zero-order valence-corrected chi connectivity index (χ0v) is 10.7. The Morgan fingerprint density at radius 3 is 2.67 bits per heavy atom. The summed E-state index contributed by atoms with van der Waals surface area (Å²) in [6.07, 6.45) is 5.62. The monoisotopic (exact) mass is 256 g/mol. The molecule has 0 saturated carbocycles. The van der Waals surface area contributed by atoms with Crippen molar-refractivity contribution in [2.45, 2.75) is 4.90 Å². The molecule has 3 aromatic rings. The molecule has 0 saturated heterocycles. The van der Waals surface area contributed by atoms with Gasteiger partial charge in [0.1, 0.15) is 0 Å². The standard InChI is InChI=1S/C13H12N4S/c1-18-9-4-2-8(3-5-9)10-6-15-7-11-12(10)13(14)17-16-11/h2-7H,1H3,(H3,14,16,17). The van der Waals surface area contributed by atoms with Gasteiger partial charge in [-0.1, -0.05) is 12.1 Å². The second kappa shape index (κ2) is 4.34. The van der Waals surface area contributed by atoms with Gasteiger partial charge < -0.3 is 5.73 Å². The summed E-state index contributed by atoms with van der Waals surface area (Å²) >= 11 is 1.72. The van der Waals surface area contributed by atoms with Gasteiger partial charge in [-0.2, -0.15) is 5.10 Å². The van der Waals surface area contributed by atoms with Crippen LogP contribution in [0.15, 0.2) is 41.6 Å². The summed E-state index contributed by atoms with van der Waals surface area (Å²) in [5.74, 6) is 0.511. The van der Waals surface area contributed by atoms with Crippen LogP contribution in [0.2, 0.25) is 0 Å². The van der Waals surface area contributed by atoms with Gasteiger partial charge >= 0.3 is 0 Å². The third kappa shape index (κ3) is 1.73. The van der Waals surface area contributed by atoms with Crippen molar-refractivity contribution in [1.82, 2.24) is 15.2 Å². The Hall–Kier alpha value is -2.01. The van der Waals surface area contributed by atoms with Gasteiger partial charge in [0.25, 0.3) is 0 Å². The average Bonchev–Trinajstić information content (AvgIpc) is 2.81. The number of aromatic amines is 1. The number of nitrogens with two attached hydrogens (primary N) is 1. The van der Waals surface area contributed by atoms with E-state index in [-0.39, 0.29) is 0 Å². The number of rotatable bonds is 2. The average molecular weight is 256 g/mol. The van der Waals surface area contributed by atoms with E-state index in [0.29, 0.717) is 5.82 Å². The fourth-order valence-electron chi connectivity index (χ4n) is 1.99. The molecule has 3 N–H and O–H groups in total. The van der Waals surface area contributed by atoms with Crippen LogP contribution in [-0.4, -0.2) is 21.4 Å². The van der Waals surface area contributed by atoms with Crippen LogP contribution in [0.25, 0.3) is 22.0 Å². The number of nitrogens with zero attached hydrogens (tertiary/aromatic N) is 2. The van der Waals surface area contributed by atoms with E-state index in [0.717, 1.165) is 22.0 Å². The molecule has 0 aliphatic heterocycles. The van der Waals surface area contributed by atoms with Crippen LogP contribution in [0.5, 0.6) is 0 Å². The van der Waals surface area contributed by atoms with E-state index >= 15 is 0 Å². The van der Waals surface area contributed by atoms with Crippen molar-refractivity contribution in [3.05, 3.63) is 36.7 Å². The van der Waals surface area contributed by atoms with Gasteiger partial charge in [-0.05, 0) is 24.0 Å². The highest BCUT2D eigenvalue weighted by Gasteiger charge is 2.09. The summed E-state index contributed by atoms with van der Waals surface area (Å²) < 4.78 is 0. The van der Waals surface area contributed by atoms with Crippen LogP contribution >= 0.6 is 11.8 Å². The molecule has 0 atom stereocenters. The van der Waals surface area contributed by atoms with Crippen molar-refractivity contribution in [2.24, 2.45) is 0 Å². The lowest BCUT2D eigenvalue weighted by Crippen LogP contribution is -1.87. The molecule has 0 radical (unpaired) electrons. The minimum absolute atomic E-state index is 0.511. The zero-order valence-electron chi connectivity index (χ0n) is 9.84. The number of pyridine rings is 1. The number of nitrogen functional groups attached to an aromatic ring is 1. The maximum absolute atomic E-state index is 5.90. The molecule has 0 aliphatic carbocycles. The van der Waals surface area contributed by atoms with Gasteiger partial charge in [-0.15, -0.1) is 11.8 Å². The van der Waals surface area contributed by atoms with Crippen LogP contribution in [-0.2, 0) is 0 Å². The number of aromatic nitrogens is 3. The second-order valence-electron chi connectivity index (χ2n) is 3.95. The molecular weight excluding hydrogens is 244 g/mol. The third-order valence-corrected chi connectivity index (χ3v) is 3.64. The minimum Gasteiger partial charge on any atom is -0.382 e. The highest BCUT2D eigenvalue weighted by atomic mass is 32.2. The molecule has 2 heterocycles. The van der Waals surface area contributed by atoms with E-state index in [1.54, 1.807) is 18.0 Å². The minimum atomic E-state index is 0.511. The van der Waals surface area contributed by atoms with E-state index in [1.165, 1.54) is 4.90 Å².